The van der Waals surface area contributed by atoms with E-state index in [1.807, 2.05) is 31.2 Å². The van der Waals surface area contributed by atoms with E-state index in [0.29, 0.717) is 26.4 Å². The molecule has 0 amide bonds. The molecule has 1 rings (SSSR count). The predicted molar refractivity (Wildman–Crippen MR) is 75.2 cm³/mol. The lowest BCUT2D eigenvalue weighted by atomic mass is 10.2. The summed E-state index contributed by atoms with van der Waals surface area (Å²) in [6, 6.07) is 7.62. The van der Waals surface area contributed by atoms with E-state index in [2.05, 4.69) is 11.8 Å². The molecule has 0 radical (unpaired) electrons. The van der Waals surface area contributed by atoms with E-state index in [-0.39, 0.29) is 6.10 Å². The molecule has 0 aliphatic rings. The van der Waals surface area contributed by atoms with E-state index in [4.69, 9.17) is 19.9 Å². The summed E-state index contributed by atoms with van der Waals surface area (Å²) in [5.41, 5.74) is 6.23. The van der Waals surface area contributed by atoms with Crippen LogP contribution in [0.25, 0.3) is 0 Å². The van der Waals surface area contributed by atoms with Gasteiger partial charge >= 0.3 is 0 Å². The van der Waals surface area contributed by atoms with Crippen LogP contribution in [0.3, 0.4) is 0 Å². The molecule has 0 saturated heterocycles. The smallest absolute Gasteiger partial charge is 0.120 e. The summed E-state index contributed by atoms with van der Waals surface area (Å²) >= 11 is 0. The second-order valence-electron chi connectivity index (χ2n) is 4.02. The van der Waals surface area contributed by atoms with Gasteiger partial charge < -0.3 is 19.9 Å². The fourth-order valence-electron chi connectivity index (χ4n) is 1.51. The maximum absolute atomic E-state index is 5.59. The number of rotatable bonds is 7. The minimum absolute atomic E-state index is 0.0790. The molecule has 104 valence electrons. The van der Waals surface area contributed by atoms with Gasteiger partial charge in [-0.25, -0.2) is 0 Å². The van der Waals surface area contributed by atoms with E-state index in [1.54, 1.807) is 7.11 Å². The average Bonchev–Trinajstić information content (AvgIpc) is 2.42. The molecule has 2 N–H and O–H groups in total. The first-order valence-electron chi connectivity index (χ1n) is 6.28. The van der Waals surface area contributed by atoms with Crippen LogP contribution in [0.1, 0.15) is 12.5 Å². The molecule has 1 aromatic rings. The lowest BCUT2D eigenvalue weighted by molar-refractivity contribution is -0.00214. The van der Waals surface area contributed by atoms with E-state index < -0.39 is 0 Å². The molecule has 1 atom stereocenters. The number of hydrogen-bond donors (Lipinski definition) is 1. The standard InChI is InChI=1S/C15H21NO3/c1-13(12-17-2)18-9-10-19-15-7-3-5-14(11-15)6-4-8-16/h3,5,7,11,13H,8-10,12,16H2,1-2H3. The zero-order valence-corrected chi connectivity index (χ0v) is 11.5. The summed E-state index contributed by atoms with van der Waals surface area (Å²) in [6.45, 7) is 3.94. The van der Waals surface area contributed by atoms with Crippen molar-refractivity contribution < 1.29 is 14.2 Å². The Labute approximate surface area is 114 Å². The predicted octanol–water partition coefficient (Wildman–Crippen LogP) is 1.43. The van der Waals surface area contributed by atoms with Crippen LogP contribution < -0.4 is 10.5 Å². The zero-order valence-electron chi connectivity index (χ0n) is 11.5. The van der Waals surface area contributed by atoms with Gasteiger partial charge in [0, 0.05) is 12.7 Å². The topological polar surface area (TPSA) is 53.7 Å². The Kier molecular flexibility index (Phi) is 7.68. The van der Waals surface area contributed by atoms with Gasteiger partial charge in [0.1, 0.15) is 12.4 Å². The minimum atomic E-state index is 0.0790. The Hall–Kier alpha value is -1.54. The molecule has 19 heavy (non-hydrogen) atoms. The Morgan fingerprint density at radius 1 is 1.32 bits per heavy atom. The second-order valence-corrected chi connectivity index (χ2v) is 4.02. The Bertz CT molecular complexity index is 423. The Morgan fingerprint density at radius 3 is 2.89 bits per heavy atom. The first-order chi connectivity index (χ1) is 9.26. The van der Waals surface area contributed by atoms with Crippen molar-refractivity contribution in [3.05, 3.63) is 29.8 Å². The van der Waals surface area contributed by atoms with Gasteiger partial charge in [-0.3, -0.25) is 0 Å². The normalized spacial score (nSPS) is 11.5. The molecular formula is C15H21NO3. The lowest BCUT2D eigenvalue weighted by Crippen LogP contribution is -2.18. The summed E-state index contributed by atoms with van der Waals surface area (Å²) in [7, 11) is 1.66. The number of ether oxygens (including phenoxy) is 3. The van der Waals surface area contributed by atoms with Gasteiger partial charge in [0.2, 0.25) is 0 Å². The molecule has 0 fully saturated rings. The molecular weight excluding hydrogens is 242 g/mol. The van der Waals surface area contributed by atoms with Crippen molar-refractivity contribution in [2.75, 3.05) is 33.5 Å². The summed E-state index contributed by atoms with van der Waals surface area (Å²) in [5.74, 6) is 6.56. The van der Waals surface area contributed by atoms with E-state index >= 15 is 0 Å². The van der Waals surface area contributed by atoms with E-state index in [0.717, 1.165) is 11.3 Å². The van der Waals surface area contributed by atoms with Gasteiger partial charge in [0.05, 0.1) is 25.9 Å². The first-order valence-corrected chi connectivity index (χ1v) is 6.28. The third-order valence-electron chi connectivity index (χ3n) is 2.32. The highest BCUT2D eigenvalue weighted by atomic mass is 16.5. The van der Waals surface area contributed by atoms with Crippen molar-refractivity contribution in [3.63, 3.8) is 0 Å². The molecule has 4 heteroatoms. The highest BCUT2D eigenvalue weighted by Crippen LogP contribution is 2.12. The fraction of sp³-hybridized carbons (Fsp3) is 0.467. The van der Waals surface area contributed by atoms with Crippen molar-refractivity contribution in [3.8, 4) is 17.6 Å². The zero-order chi connectivity index (χ0) is 13.9. The average molecular weight is 263 g/mol. The van der Waals surface area contributed by atoms with Gasteiger partial charge in [-0.1, -0.05) is 17.9 Å². The van der Waals surface area contributed by atoms with Crippen molar-refractivity contribution in [1.29, 1.82) is 0 Å². The SMILES string of the molecule is COCC(C)OCCOc1cccc(C#CCN)c1. The molecule has 0 heterocycles. The highest BCUT2D eigenvalue weighted by Gasteiger charge is 2.01. The largest absolute Gasteiger partial charge is 0.491 e. The van der Waals surface area contributed by atoms with Crippen molar-refractivity contribution in [1.82, 2.24) is 0 Å². The lowest BCUT2D eigenvalue weighted by Gasteiger charge is -2.12. The number of hydrogen-bond acceptors (Lipinski definition) is 4. The van der Waals surface area contributed by atoms with Crippen LogP contribution in [0, 0.1) is 11.8 Å². The van der Waals surface area contributed by atoms with Gasteiger partial charge in [0.15, 0.2) is 0 Å². The second kappa shape index (κ2) is 9.40. The molecule has 4 nitrogen and oxygen atoms in total. The summed E-state index contributed by atoms with van der Waals surface area (Å²) < 4.78 is 16.1. The summed E-state index contributed by atoms with van der Waals surface area (Å²) in [4.78, 5) is 0. The van der Waals surface area contributed by atoms with Crippen LogP contribution in [0.15, 0.2) is 24.3 Å². The van der Waals surface area contributed by atoms with Gasteiger partial charge in [-0.05, 0) is 25.1 Å². The van der Waals surface area contributed by atoms with Crippen molar-refractivity contribution in [2.45, 2.75) is 13.0 Å². The van der Waals surface area contributed by atoms with Crippen LogP contribution in [-0.2, 0) is 9.47 Å². The number of nitrogens with two attached hydrogens (primary N) is 1. The van der Waals surface area contributed by atoms with Crippen LogP contribution in [0.2, 0.25) is 0 Å². The van der Waals surface area contributed by atoms with Crippen LogP contribution in [0.4, 0.5) is 0 Å². The molecule has 1 unspecified atom stereocenters. The molecule has 0 bridgehead atoms. The summed E-state index contributed by atoms with van der Waals surface area (Å²) in [5, 5.41) is 0. The van der Waals surface area contributed by atoms with Gasteiger partial charge in [0.25, 0.3) is 0 Å². The number of benzene rings is 1. The molecule has 0 aliphatic carbocycles. The van der Waals surface area contributed by atoms with Crippen LogP contribution >= 0.6 is 0 Å². The molecule has 0 saturated carbocycles. The molecule has 0 spiro atoms. The minimum Gasteiger partial charge on any atom is -0.491 e. The van der Waals surface area contributed by atoms with Crippen molar-refractivity contribution in [2.24, 2.45) is 5.73 Å². The van der Waals surface area contributed by atoms with E-state index in [1.165, 1.54) is 0 Å². The van der Waals surface area contributed by atoms with Gasteiger partial charge in [-0.15, -0.1) is 0 Å². The first kappa shape index (κ1) is 15.5. The van der Waals surface area contributed by atoms with Crippen LogP contribution in [0.5, 0.6) is 5.75 Å². The van der Waals surface area contributed by atoms with Crippen molar-refractivity contribution >= 4 is 0 Å². The van der Waals surface area contributed by atoms with E-state index in [9.17, 15) is 0 Å². The highest BCUT2D eigenvalue weighted by molar-refractivity contribution is 5.39. The molecule has 0 aliphatic heterocycles. The third-order valence-corrected chi connectivity index (χ3v) is 2.32. The summed E-state index contributed by atoms with van der Waals surface area (Å²) in [6.07, 6.45) is 0.0790. The number of methoxy groups -OCH3 is 1. The molecule has 0 aromatic heterocycles. The Balaban J connectivity index is 2.33. The quantitative estimate of drug-likeness (QED) is 0.597. The fourth-order valence-corrected chi connectivity index (χ4v) is 1.51. The van der Waals surface area contributed by atoms with Crippen LogP contribution in [-0.4, -0.2) is 39.6 Å². The third kappa shape index (κ3) is 6.82. The molecule has 1 aromatic carbocycles. The van der Waals surface area contributed by atoms with Gasteiger partial charge in [-0.2, -0.15) is 0 Å². The maximum atomic E-state index is 5.59. The monoisotopic (exact) mass is 263 g/mol. The maximum Gasteiger partial charge on any atom is 0.120 e. The Morgan fingerprint density at radius 2 is 2.16 bits per heavy atom.